The summed E-state index contributed by atoms with van der Waals surface area (Å²) in [5.74, 6) is 0. The quantitative estimate of drug-likeness (QED) is 0.454. The number of hydrogen-bond donors (Lipinski definition) is 0. The Labute approximate surface area is 150 Å². The Morgan fingerprint density at radius 1 is 0.684 bits per heavy atom. The molecule has 2 aromatic rings. The predicted molar refractivity (Wildman–Crippen MR) is 74.1 cm³/mol. The van der Waals surface area contributed by atoms with E-state index in [1.165, 1.54) is 11.1 Å². The molecule has 3 heteroatoms. The second kappa shape index (κ2) is 20.2. The molecular weight excluding hydrogens is 354 g/mol. The van der Waals surface area contributed by atoms with E-state index < -0.39 is 0 Å². The van der Waals surface area contributed by atoms with Crippen molar-refractivity contribution >= 4 is 0 Å². The Hall–Kier alpha value is -0.0969. The molecule has 0 nitrogen and oxygen atoms in total. The monoisotopic (exact) mass is 374 g/mol. The van der Waals surface area contributed by atoms with Gasteiger partial charge in [0.15, 0.2) is 0 Å². The Morgan fingerprint density at radius 3 is 1.00 bits per heavy atom. The van der Waals surface area contributed by atoms with Crippen LogP contribution in [0.25, 0.3) is 0 Å². The summed E-state index contributed by atoms with van der Waals surface area (Å²) >= 11 is 0. The zero-order valence-electron chi connectivity index (χ0n) is 11.7. The molecule has 0 atom stereocenters. The average molecular weight is 376 g/mol. The van der Waals surface area contributed by atoms with E-state index >= 15 is 0 Å². The van der Waals surface area contributed by atoms with Gasteiger partial charge in [-0.2, -0.15) is 35.4 Å². The normalized spacial score (nSPS) is 7.05. The maximum absolute atomic E-state index is 3.00. The van der Waals surface area contributed by atoms with Crippen molar-refractivity contribution in [3.8, 4) is 0 Å². The third kappa shape index (κ3) is 14.1. The summed E-state index contributed by atoms with van der Waals surface area (Å²) in [6.45, 7) is 10.3. The summed E-state index contributed by atoms with van der Waals surface area (Å²) in [4.78, 5) is 0. The van der Waals surface area contributed by atoms with Gasteiger partial charge < -0.3 is 24.8 Å². The standard InChI is InChI=1S/2C7H9.C2H4.2ClH.Zr/c2*1-2-7-5-3-4-6-7;1-2;;;/h2*3-6H,2H2,1H3;1-2H2;2*1H;/q2*-1;;;;+4/p-2. The number of hydrogen-bond acceptors (Lipinski definition) is 0. The Bertz CT molecular complexity index is 291. The molecule has 0 spiro atoms. The molecule has 0 fully saturated rings. The zero-order valence-corrected chi connectivity index (χ0v) is 15.7. The van der Waals surface area contributed by atoms with Gasteiger partial charge in [0.25, 0.3) is 0 Å². The minimum Gasteiger partial charge on any atom is -1.00 e. The fourth-order valence-corrected chi connectivity index (χ4v) is 1.30. The maximum atomic E-state index is 3.00. The molecule has 0 aliphatic carbocycles. The van der Waals surface area contributed by atoms with Gasteiger partial charge in [0.05, 0.1) is 0 Å². The van der Waals surface area contributed by atoms with Crippen molar-refractivity contribution in [2.75, 3.05) is 0 Å². The molecule has 2 aromatic carbocycles. The summed E-state index contributed by atoms with van der Waals surface area (Å²) in [5, 5.41) is 0. The minimum absolute atomic E-state index is 0. The summed E-state index contributed by atoms with van der Waals surface area (Å²) in [6.07, 6.45) is 2.32. The molecule has 0 aliphatic rings. The van der Waals surface area contributed by atoms with Crippen LogP contribution < -0.4 is 24.8 Å². The van der Waals surface area contributed by atoms with Crippen LogP contribution in [-0.4, -0.2) is 0 Å². The fourth-order valence-electron chi connectivity index (χ4n) is 1.30. The van der Waals surface area contributed by atoms with Crippen molar-refractivity contribution in [3.63, 3.8) is 0 Å². The van der Waals surface area contributed by atoms with Gasteiger partial charge in [-0.25, -0.2) is 24.3 Å². The van der Waals surface area contributed by atoms with Gasteiger partial charge in [-0.1, -0.05) is 26.7 Å². The van der Waals surface area contributed by atoms with Gasteiger partial charge in [0.1, 0.15) is 0 Å². The number of rotatable bonds is 2. The van der Waals surface area contributed by atoms with Crippen molar-refractivity contribution < 1.29 is 51.0 Å². The molecule has 104 valence electrons. The van der Waals surface area contributed by atoms with Crippen LogP contribution in [0.15, 0.2) is 61.7 Å². The first-order valence-corrected chi connectivity index (χ1v) is 5.78. The summed E-state index contributed by atoms with van der Waals surface area (Å²) in [6, 6.07) is 16.8. The Kier molecular flexibility index (Phi) is 29.0. The third-order valence-corrected chi connectivity index (χ3v) is 2.28. The zero-order chi connectivity index (χ0) is 12.2. The number of halogens is 2. The molecular formula is C16H22Cl2Zr. The van der Waals surface area contributed by atoms with E-state index in [2.05, 4.69) is 75.5 Å². The van der Waals surface area contributed by atoms with E-state index in [4.69, 9.17) is 0 Å². The van der Waals surface area contributed by atoms with Crippen LogP contribution in [-0.2, 0) is 39.0 Å². The molecule has 19 heavy (non-hydrogen) atoms. The second-order valence-corrected chi connectivity index (χ2v) is 3.29. The largest absolute Gasteiger partial charge is 4.00 e. The smallest absolute Gasteiger partial charge is 1.00 e. The summed E-state index contributed by atoms with van der Waals surface area (Å²) < 4.78 is 0. The van der Waals surface area contributed by atoms with Crippen LogP contribution in [0, 0.1) is 0 Å². The molecule has 0 saturated carbocycles. The predicted octanol–water partition coefficient (Wildman–Crippen LogP) is -1.26. The molecule has 0 aliphatic heterocycles. The van der Waals surface area contributed by atoms with Gasteiger partial charge in [0.2, 0.25) is 0 Å². The van der Waals surface area contributed by atoms with Crippen LogP contribution in [0.4, 0.5) is 0 Å². The van der Waals surface area contributed by atoms with Crippen LogP contribution >= 0.6 is 0 Å². The van der Waals surface area contributed by atoms with Gasteiger partial charge in [-0.15, -0.1) is 13.2 Å². The molecule has 0 aromatic heterocycles. The molecule has 0 radical (unpaired) electrons. The molecule has 0 amide bonds. The molecule has 0 unspecified atom stereocenters. The fraction of sp³-hybridized carbons (Fsp3) is 0.250. The molecule has 2 rings (SSSR count). The summed E-state index contributed by atoms with van der Waals surface area (Å²) in [7, 11) is 0. The maximum Gasteiger partial charge on any atom is 4.00 e. The van der Waals surface area contributed by atoms with Crippen LogP contribution in [0.2, 0.25) is 0 Å². The average Bonchev–Trinajstić information content (AvgIpc) is 3.05. The van der Waals surface area contributed by atoms with Gasteiger partial charge >= 0.3 is 26.2 Å². The molecule has 0 bridgehead atoms. The van der Waals surface area contributed by atoms with Gasteiger partial charge in [0, 0.05) is 0 Å². The topological polar surface area (TPSA) is 0 Å². The van der Waals surface area contributed by atoms with Crippen LogP contribution in [0.1, 0.15) is 25.0 Å². The minimum atomic E-state index is 0. The van der Waals surface area contributed by atoms with E-state index in [1.807, 2.05) is 0 Å². The first-order valence-electron chi connectivity index (χ1n) is 5.78. The van der Waals surface area contributed by atoms with E-state index in [0.29, 0.717) is 0 Å². The van der Waals surface area contributed by atoms with Crippen LogP contribution in [0.3, 0.4) is 0 Å². The molecule has 0 saturated heterocycles. The SMILES string of the molecule is C=C.CC[c-]1cccc1.CC[c-]1cccc1.[Cl-].[Cl-].[Zr+4]. The second-order valence-electron chi connectivity index (χ2n) is 3.29. The van der Waals surface area contributed by atoms with E-state index in [9.17, 15) is 0 Å². The van der Waals surface area contributed by atoms with Crippen molar-refractivity contribution in [1.29, 1.82) is 0 Å². The summed E-state index contributed by atoms with van der Waals surface area (Å²) in [5.41, 5.74) is 2.86. The molecule has 0 N–H and O–H groups in total. The van der Waals surface area contributed by atoms with Crippen molar-refractivity contribution in [1.82, 2.24) is 0 Å². The number of aryl methyl sites for hydroxylation is 2. The first kappa shape index (κ1) is 27.3. The van der Waals surface area contributed by atoms with E-state index in [1.54, 1.807) is 0 Å². The van der Waals surface area contributed by atoms with Crippen molar-refractivity contribution in [2.45, 2.75) is 26.7 Å². The first-order chi connectivity index (χ1) is 7.86. The third-order valence-electron chi connectivity index (χ3n) is 2.28. The van der Waals surface area contributed by atoms with E-state index in [-0.39, 0.29) is 51.0 Å². The molecule has 0 heterocycles. The van der Waals surface area contributed by atoms with Crippen molar-refractivity contribution in [2.24, 2.45) is 0 Å². The van der Waals surface area contributed by atoms with Crippen molar-refractivity contribution in [3.05, 3.63) is 72.8 Å². The van der Waals surface area contributed by atoms with Gasteiger partial charge in [-0.3, -0.25) is 0 Å². The van der Waals surface area contributed by atoms with Crippen LogP contribution in [0.5, 0.6) is 0 Å². The Morgan fingerprint density at radius 2 is 0.895 bits per heavy atom. The Balaban J connectivity index is -0.0000000919. The van der Waals surface area contributed by atoms with E-state index in [0.717, 1.165) is 12.8 Å². The van der Waals surface area contributed by atoms with Gasteiger partial charge in [-0.05, 0) is 0 Å².